The Morgan fingerprint density at radius 1 is 1.23 bits per heavy atom. The lowest BCUT2D eigenvalue weighted by molar-refractivity contribution is 0.0438. The van der Waals surface area contributed by atoms with Crippen molar-refractivity contribution in [2.45, 2.75) is 56.2 Å². The smallest absolute Gasteiger partial charge is 0.244 e. The van der Waals surface area contributed by atoms with E-state index in [1.165, 1.54) is 26.7 Å². The Balaban J connectivity index is 2.04. The van der Waals surface area contributed by atoms with Gasteiger partial charge in [0, 0.05) is 25.2 Å². The Morgan fingerprint density at radius 2 is 1.88 bits per heavy atom. The molecule has 0 aliphatic carbocycles. The van der Waals surface area contributed by atoms with E-state index in [1.54, 1.807) is 12.1 Å². The molecule has 1 saturated heterocycles. The zero-order valence-corrected chi connectivity index (χ0v) is 16.8. The van der Waals surface area contributed by atoms with Crippen molar-refractivity contribution in [1.29, 1.82) is 0 Å². The number of methoxy groups -OCH3 is 2. The number of aliphatic hydroxyl groups excluding tert-OH is 1. The number of nitrogens with zero attached hydrogens (tertiary/aromatic N) is 1. The molecule has 0 saturated carbocycles. The minimum atomic E-state index is -3.83. The molecule has 2 rings (SSSR count). The van der Waals surface area contributed by atoms with E-state index in [9.17, 15) is 13.5 Å². The average molecular weight is 387 g/mol. The van der Waals surface area contributed by atoms with E-state index in [0.717, 1.165) is 12.8 Å². The number of likely N-dealkylation sites (tertiary alicyclic amines) is 1. The number of nitrogens with one attached hydrogen (secondary N) is 1. The maximum atomic E-state index is 12.6. The van der Waals surface area contributed by atoms with Crippen LogP contribution in [0.1, 0.15) is 33.1 Å². The van der Waals surface area contributed by atoms with Gasteiger partial charge in [0.15, 0.2) is 11.5 Å². The highest BCUT2D eigenvalue weighted by Crippen LogP contribution is 2.33. The fourth-order valence-corrected chi connectivity index (χ4v) is 4.75. The number of ether oxygens (including phenoxy) is 2. The summed E-state index contributed by atoms with van der Waals surface area (Å²) in [4.78, 5) is 2.24. The molecule has 3 atom stereocenters. The Morgan fingerprint density at radius 3 is 2.46 bits per heavy atom. The van der Waals surface area contributed by atoms with Crippen LogP contribution in [0, 0.1) is 0 Å². The van der Waals surface area contributed by atoms with E-state index in [1.807, 2.05) is 0 Å². The van der Waals surface area contributed by atoms with Crippen LogP contribution in [0.2, 0.25) is 0 Å². The van der Waals surface area contributed by atoms with Crippen LogP contribution in [-0.2, 0) is 10.0 Å². The van der Waals surface area contributed by atoms with Crippen LogP contribution >= 0.6 is 0 Å². The molecule has 2 N–H and O–H groups in total. The first kappa shape index (κ1) is 21.0. The molecule has 7 nitrogen and oxygen atoms in total. The van der Waals surface area contributed by atoms with Crippen molar-refractivity contribution >= 4 is 10.0 Å². The molecule has 1 fully saturated rings. The minimum Gasteiger partial charge on any atom is -0.493 e. The lowest BCUT2D eigenvalue weighted by Crippen LogP contribution is -2.49. The van der Waals surface area contributed by atoms with Crippen LogP contribution < -0.4 is 14.2 Å². The molecular formula is C18H30N2O5S. The first-order valence-corrected chi connectivity index (χ1v) is 10.4. The van der Waals surface area contributed by atoms with Gasteiger partial charge in [-0.25, -0.2) is 13.1 Å². The van der Waals surface area contributed by atoms with Crippen LogP contribution in [-0.4, -0.2) is 63.9 Å². The molecule has 0 spiro atoms. The van der Waals surface area contributed by atoms with Gasteiger partial charge in [-0.2, -0.15) is 0 Å². The number of para-hydroxylation sites is 1. The number of aliphatic hydroxyl groups is 1. The second-order valence-electron chi connectivity index (χ2n) is 6.82. The molecule has 148 valence electrons. The zero-order valence-electron chi connectivity index (χ0n) is 15.9. The first-order chi connectivity index (χ1) is 12.3. The van der Waals surface area contributed by atoms with Gasteiger partial charge in [-0.1, -0.05) is 12.5 Å². The predicted octanol–water partition coefficient (Wildman–Crippen LogP) is 1.61. The van der Waals surface area contributed by atoms with Gasteiger partial charge in [-0.3, -0.25) is 4.90 Å². The maximum Gasteiger partial charge on any atom is 0.244 e. The van der Waals surface area contributed by atoms with E-state index >= 15 is 0 Å². The summed E-state index contributed by atoms with van der Waals surface area (Å²) < 4.78 is 38.1. The van der Waals surface area contributed by atoms with Crippen molar-refractivity contribution in [1.82, 2.24) is 9.62 Å². The Kier molecular flexibility index (Phi) is 7.28. The predicted molar refractivity (Wildman–Crippen MR) is 100 cm³/mol. The van der Waals surface area contributed by atoms with Crippen LogP contribution in [0.15, 0.2) is 23.1 Å². The van der Waals surface area contributed by atoms with E-state index in [2.05, 4.69) is 23.5 Å². The maximum absolute atomic E-state index is 12.6. The fourth-order valence-electron chi connectivity index (χ4n) is 3.50. The number of benzene rings is 1. The molecule has 1 heterocycles. The van der Waals surface area contributed by atoms with Crippen molar-refractivity contribution in [2.24, 2.45) is 0 Å². The monoisotopic (exact) mass is 386 g/mol. The Hall–Kier alpha value is -1.35. The van der Waals surface area contributed by atoms with Crippen LogP contribution in [0.3, 0.4) is 0 Å². The number of hydrogen-bond donors (Lipinski definition) is 2. The molecule has 0 radical (unpaired) electrons. The lowest BCUT2D eigenvalue weighted by Gasteiger charge is -2.40. The highest BCUT2D eigenvalue weighted by atomic mass is 32.2. The largest absolute Gasteiger partial charge is 0.493 e. The Labute approximate surface area is 156 Å². The van der Waals surface area contributed by atoms with Gasteiger partial charge in [-0.15, -0.1) is 0 Å². The number of rotatable bonds is 8. The van der Waals surface area contributed by atoms with Crippen molar-refractivity contribution in [2.75, 3.05) is 27.3 Å². The van der Waals surface area contributed by atoms with Crippen molar-refractivity contribution in [3.63, 3.8) is 0 Å². The fraction of sp³-hybridized carbons (Fsp3) is 0.667. The second kappa shape index (κ2) is 9.03. The standard InChI is InChI=1S/C18H30N2O5S/c1-13-7-5-8-14(2)20(13)12-15(21)11-19-26(22,23)17-10-6-9-16(24-3)18(17)25-4/h6,9-10,13-15,19,21H,5,7-8,11-12H2,1-4H3/t13-,14+,15-/m1/s1. The zero-order chi connectivity index (χ0) is 19.3. The molecular weight excluding hydrogens is 356 g/mol. The summed E-state index contributed by atoms with van der Waals surface area (Å²) in [6.07, 6.45) is 2.61. The highest BCUT2D eigenvalue weighted by molar-refractivity contribution is 7.89. The van der Waals surface area contributed by atoms with Gasteiger partial charge < -0.3 is 14.6 Å². The number of piperidine rings is 1. The summed E-state index contributed by atoms with van der Waals surface area (Å²) in [6, 6.07) is 5.45. The average Bonchev–Trinajstić information content (AvgIpc) is 2.62. The van der Waals surface area contributed by atoms with Crippen molar-refractivity contribution in [3.8, 4) is 11.5 Å². The first-order valence-electron chi connectivity index (χ1n) is 8.94. The van der Waals surface area contributed by atoms with Crippen LogP contribution in [0.25, 0.3) is 0 Å². The summed E-state index contributed by atoms with van der Waals surface area (Å²) in [7, 11) is -0.988. The van der Waals surface area contributed by atoms with E-state index in [-0.39, 0.29) is 17.2 Å². The minimum absolute atomic E-state index is 0.00809. The number of hydrogen-bond acceptors (Lipinski definition) is 6. The van der Waals surface area contributed by atoms with Crippen LogP contribution in [0.5, 0.6) is 11.5 Å². The summed E-state index contributed by atoms with van der Waals surface area (Å²) in [5.74, 6) is 0.488. The van der Waals surface area contributed by atoms with E-state index in [0.29, 0.717) is 24.4 Å². The third kappa shape index (κ3) is 4.88. The topological polar surface area (TPSA) is 88.1 Å². The van der Waals surface area contributed by atoms with Gasteiger partial charge >= 0.3 is 0 Å². The normalized spacial score (nSPS) is 22.8. The molecule has 1 aromatic carbocycles. The van der Waals surface area contributed by atoms with E-state index < -0.39 is 16.1 Å². The van der Waals surface area contributed by atoms with Crippen molar-refractivity contribution < 1.29 is 23.0 Å². The summed E-state index contributed by atoms with van der Waals surface area (Å²) in [6.45, 7) is 4.68. The molecule has 0 amide bonds. The number of β-amino-alcohol motifs (C(OH)–C–C–N with tert-alkyl or cyclic N) is 1. The number of sulfonamides is 1. The third-order valence-corrected chi connectivity index (χ3v) is 6.41. The van der Waals surface area contributed by atoms with E-state index in [4.69, 9.17) is 9.47 Å². The molecule has 1 aliphatic rings. The summed E-state index contributed by atoms with van der Waals surface area (Å²) >= 11 is 0. The Bertz CT molecular complexity index is 685. The van der Waals surface area contributed by atoms with Crippen LogP contribution in [0.4, 0.5) is 0 Å². The summed E-state index contributed by atoms with van der Waals surface area (Å²) in [5.41, 5.74) is 0. The summed E-state index contributed by atoms with van der Waals surface area (Å²) in [5, 5.41) is 10.3. The molecule has 8 heteroatoms. The van der Waals surface area contributed by atoms with Gasteiger partial charge in [-0.05, 0) is 38.8 Å². The van der Waals surface area contributed by atoms with Gasteiger partial charge in [0.2, 0.25) is 10.0 Å². The molecule has 1 aromatic rings. The molecule has 0 bridgehead atoms. The molecule has 1 aliphatic heterocycles. The molecule has 0 aromatic heterocycles. The molecule has 0 unspecified atom stereocenters. The molecule has 26 heavy (non-hydrogen) atoms. The second-order valence-corrected chi connectivity index (χ2v) is 8.56. The van der Waals surface area contributed by atoms with Gasteiger partial charge in [0.1, 0.15) is 4.90 Å². The van der Waals surface area contributed by atoms with Crippen molar-refractivity contribution in [3.05, 3.63) is 18.2 Å². The lowest BCUT2D eigenvalue weighted by atomic mass is 9.97. The SMILES string of the molecule is COc1cccc(S(=O)(=O)NC[C@@H](O)CN2[C@H](C)CCC[C@@H]2C)c1OC. The third-order valence-electron chi connectivity index (χ3n) is 4.96. The highest BCUT2D eigenvalue weighted by Gasteiger charge is 2.28. The van der Waals surface area contributed by atoms with Gasteiger partial charge in [0.05, 0.1) is 20.3 Å². The van der Waals surface area contributed by atoms with Gasteiger partial charge in [0.25, 0.3) is 0 Å². The quantitative estimate of drug-likeness (QED) is 0.706.